The summed E-state index contributed by atoms with van der Waals surface area (Å²) in [6, 6.07) is 13.1. The monoisotopic (exact) mass is 297 g/mol. The summed E-state index contributed by atoms with van der Waals surface area (Å²) in [5.41, 5.74) is 2.63. The minimum absolute atomic E-state index is 0.209. The Hall–Kier alpha value is -2.75. The van der Waals surface area contributed by atoms with Gasteiger partial charge >= 0.3 is 0 Å². The summed E-state index contributed by atoms with van der Waals surface area (Å²) >= 11 is 0. The summed E-state index contributed by atoms with van der Waals surface area (Å²) in [7, 11) is 3.20. The number of hydrogen-bond donors (Lipinski definition) is 1. The van der Waals surface area contributed by atoms with Crippen molar-refractivity contribution in [3.8, 4) is 11.5 Å². The van der Waals surface area contributed by atoms with Gasteiger partial charge in [0.1, 0.15) is 11.5 Å². The molecule has 0 saturated heterocycles. The summed E-state index contributed by atoms with van der Waals surface area (Å²) in [5, 5.41) is 2.82. The number of carbonyl (C=O) groups excluding carboxylic acids is 1. The number of ether oxygens (including phenoxy) is 2. The largest absolute Gasteiger partial charge is 0.497 e. The fourth-order valence-corrected chi connectivity index (χ4v) is 1.98. The highest BCUT2D eigenvalue weighted by molar-refractivity contribution is 6.02. The number of aryl methyl sites for hydroxylation is 1. The molecule has 0 aliphatic rings. The lowest BCUT2D eigenvalue weighted by Gasteiger charge is -2.09. The number of amides is 1. The predicted molar refractivity (Wildman–Crippen MR) is 88.4 cm³/mol. The molecule has 1 amide bonds. The van der Waals surface area contributed by atoms with E-state index in [1.165, 1.54) is 6.08 Å². The summed E-state index contributed by atoms with van der Waals surface area (Å²) < 4.78 is 10.3. The summed E-state index contributed by atoms with van der Waals surface area (Å²) in [6.45, 7) is 1.96. The van der Waals surface area contributed by atoms with Gasteiger partial charge in [-0.15, -0.1) is 0 Å². The second kappa shape index (κ2) is 7.31. The van der Waals surface area contributed by atoms with Gasteiger partial charge in [-0.05, 0) is 48.4 Å². The molecule has 4 nitrogen and oxygen atoms in total. The van der Waals surface area contributed by atoms with Crippen LogP contribution in [0, 0.1) is 6.92 Å². The molecule has 0 fully saturated rings. The highest BCUT2D eigenvalue weighted by Gasteiger charge is 2.05. The second-order valence-electron chi connectivity index (χ2n) is 4.80. The van der Waals surface area contributed by atoms with Gasteiger partial charge in [0, 0.05) is 6.08 Å². The van der Waals surface area contributed by atoms with Crippen LogP contribution < -0.4 is 14.8 Å². The van der Waals surface area contributed by atoms with Crippen LogP contribution in [0.15, 0.2) is 48.5 Å². The van der Waals surface area contributed by atoms with E-state index in [1.807, 2.05) is 49.4 Å². The second-order valence-corrected chi connectivity index (χ2v) is 4.80. The minimum Gasteiger partial charge on any atom is -0.497 e. The summed E-state index contributed by atoms with van der Waals surface area (Å²) in [6.07, 6.45) is 3.24. The van der Waals surface area contributed by atoms with Gasteiger partial charge in [-0.25, -0.2) is 0 Å². The van der Waals surface area contributed by atoms with Crippen molar-refractivity contribution in [3.63, 3.8) is 0 Å². The third-order valence-corrected chi connectivity index (χ3v) is 3.16. The first-order valence-electron chi connectivity index (χ1n) is 6.90. The van der Waals surface area contributed by atoms with Crippen molar-refractivity contribution < 1.29 is 14.3 Å². The van der Waals surface area contributed by atoms with Crippen molar-refractivity contribution in [2.75, 3.05) is 19.5 Å². The Bertz CT molecular complexity index is 675. The molecule has 114 valence electrons. The third kappa shape index (κ3) is 4.12. The zero-order valence-corrected chi connectivity index (χ0v) is 12.9. The Labute approximate surface area is 130 Å². The van der Waals surface area contributed by atoms with Crippen molar-refractivity contribution in [1.29, 1.82) is 0 Å². The molecule has 1 N–H and O–H groups in total. The van der Waals surface area contributed by atoms with Gasteiger partial charge in [0.15, 0.2) is 0 Å². The first-order valence-corrected chi connectivity index (χ1v) is 6.90. The first-order chi connectivity index (χ1) is 10.6. The average molecular weight is 297 g/mol. The van der Waals surface area contributed by atoms with Crippen LogP contribution in [-0.4, -0.2) is 20.1 Å². The molecule has 2 aromatic carbocycles. The van der Waals surface area contributed by atoms with Crippen LogP contribution in [0.4, 0.5) is 5.69 Å². The number of carbonyl (C=O) groups is 1. The lowest BCUT2D eigenvalue weighted by Crippen LogP contribution is -2.09. The van der Waals surface area contributed by atoms with Gasteiger partial charge in [-0.3, -0.25) is 4.79 Å². The zero-order valence-electron chi connectivity index (χ0n) is 12.9. The van der Waals surface area contributed by atoms with Crippen molar-refractivity contribution >= 4 is 17.7 Å². The van der Waals surface area contributed by atoms with E-state index < -0.39 is 0 Å². The molecule has 0 aromatic heterocycles. The lowest BCUT2D eigenvalue weighted by molar-refractivity contribution is -0.111. The quantitative estimate of drug-likeness (QED) is 0.857. The van der Waals surface area contributed by atoms with Crippen LogP contribution in [0.3, 0.4) is 0 Å². The van der Waals surface area contributed by atoms with Crippen LogP contribution in [0.2, 0.25) is 0 Å². The van der Waals surface area contributed by atoms with Crippen LogP contribution in [0.1, 0.15) is 11.1 Å². The number of nitrogens with one attached hydrogen (secondary N) is 1. The molecular formula is C18H19NO3. The smallest absolute Gasteiger partial charge is 0.248 e. The number of rotatable bonds is 5. The van der Waals surface area contributed by atoms with Crippen LogP contribution in [0.5, 0.6) is 11.5 Å². The Balaban J connectivity index is 2.06. The summed E-state index contributed by atoms with van der Waals surface area (Å²) in [5.74, 6) is 1.21. The standard InChI is InChI=1S/C18H19NO3/c1-13-4-10-17(22-3)16(12-13)19-18(20)11-7-14-5-8-15(21-2)9-6-14/h4-12H,1-3H3,(H,19,20). The number of anilines is 1. The molecular weight excluding hydrogens is 278 g/mol. The maximum absolute atomic E-state index is 12.0. The molecule has 0 saturated carbocycles. The van der Waals surface area contributed by atoms with E-state index in [9.17, 15) is 4.79 Å². The molecule has 0 spiro atoms. The summed E-state index contributed by atoms with van der Waals surface area (Å²) in [4.78, 5) is 12.0. The molecule has 0 aliphatic heterocycles. The molecule has 0 atom stereocenters. The average Bonchev–Trinajstić information content (AvgIpc) is 2.53. The Kier molecular flexibility index (Phi) is 5.20. The Morgan fingerprint density at radius 3 is 2.41 bits per heavy atom. The number of benzene rings is 2. The van der Waals surface area contributed by atoms with Crippen molar-refractivity contribution in [3.05, 3.63) is 59.7 Å². The van der Waals surface area contributed by atoms with E-state index in [2.05, 4.69) is 5.32 Å². The molecule has 0 bridgehead atoms. The maximum atomic E-state index is 12.0. The molecule has 4 heteroatoms. The number of methoxy groups -OCH3 is 2. The maximum Gasteiger partial charge on any atom is 0.248 e. The van der Waals surface area contributed by atoms with Crippen LogP contribution >= 0.6 is 0 Å². The van der Waals surface area contributed by atoms with Crippen LogP contribution in [0.25, 0.3) is 6.08 Å². The highest BCUT2D eigenvalue weighted by Crippen LogP contribution is 2.25. The SMILES string of the molecule is COc1ccc(C=CC(=O)Nc2cc(C)ccc2OC)cc1. The van der Waals surface area contributed by atoms with Crippen LogP contribution in [-0.2, 0) is 4.79 Å². The van der Waals surface area contributed by atoms with Crippen molar-refractivity contribution in [2.24, 2.45) is 0 Å². The van der Waals surface area contributed by atoms with E-state index in [1.54, 1.807) is 20.3 Å². The van der Waals surface area contributed by atoms with E-state index >= 15 is 0 Å². The zero-order chi connectivity index (χ0) is 15.9. The Morgan fingerprint density at radius 2 is 1.77 bits per heavy atom. The normalized spacial score (nSPS) is 10.5. The van der Waals surface area contributed by atoms with Gasteiger partial charge in [0.05, 0.1) is 19.9 Å². The lowest BCUT2D eigenvalue weighted by atomic mass is 10.2. The Morgan fingerprint density at radius 1 is 1.05 bits per heavy atom. The van der Waals surface area contributed by atoms with Gasteiger partial charge in [-0.2, -0.15) is 0 Å². The molecule has 0 heterocycles. The molecule has 0 unspecified atom stereocenters. The van der Waals surface area contributed by atoms with Gasteiger partial charge in [-0.1, -0.05) is 18.2 Å². The van der Waals surface area contributed by atoms with E-state index in [-0.39, 0.29) is 5.91 Å². The van der Waals surface area contributed by atoms with Crippen molar-refractivity contribution in [1.82, 2.24) is 0 Å². The van der Waals surface area contributed by atoms with Gasteiger partial charge in [0.25, 0.3) is 0 Å². The predicted octanol–water partition coefficient (Wildman–Crippen LogP) is 3.66. The first kappa shape index (κ1) is 15.6. The molecule has 0 aliphatic carbocycles. The molecule has 2 aromatic rings. The van der Waals surface area contributed by atoms with Crippen molar-refractivity contribution in [2.45, 2.75) is 6.92 Å². The number of hydrogen-bond acceptors (Lipinski definition) is 3. The minimum atomic E-state index is -0.209. The molecule has 22 heavy (non-hydrogen) atoms. The van der Waals surface area contributed by atoms with Gasteiger partial charge in [0.2, 0.25) is 5.91 Å². The van der Waals surface area contributed by atoms with Gasteiger partial charge < -0.3 is 14.8 Å². The fourth-order valence-electron chi connectivity index (χ4n) is 1.98. The fraction of sp³-hybridized carbons (Fsp3) is 0.167. The molecule has 2 rings (SSSR count). The van der Waals surface area contributed by atoms with E-state index in [0.717, 1.165) is 16.9 Å². The van der Waals surface area contributed by atoms with E-state index in [0.29, 0.717) is 11.4 Å². The van der Waals surface area contributed by atoms with E-state index in [4.69, 9.17) is 9.47 Å². The highest BCUT2D eigenvalue weighted by atomic mass is 16.5. The third-order valence-electron chi connectivity index (χ3n) is 3.16. The molecule has 0 radical (unpaired) electrons. The topological polar surface area (TPSA) is 47.6 Å².